The van der Waals surface area contributed by atoms with E-state index >= 15 is 0 Å². The molecule has 216 valence electrons. The Bertz CT molecular complexity index is 1320. The second-order valence-corrected chi connectivity index (χ2v) is 10.3. The van der Waals surface area contributed by atoms with Gasteiger partial charge in [-0.25, -0.2) is 13.2 Å². The van der Waals surface area contributed by atoms with Crippen LogP contribution in [0, 0.1) is 22.9 Å². The number of fused-ring (bicyclic) bond motifs is 1. The molecule has 0 radical (unpaired) electrons. The van der Waals surface area contributed by atoms with E-state index in [4.69, 9.17) is 15.2 Å². The van der Waals surface area contributed by atoms with Crippen LogP contribution in [-0.4, -0.2) is 59.4 Å². The molecule has 1 saturated heterocycles. The predicted octanol–water partition coefficient (Wildman–Crippen LogP) is 4.57. The molecule has 4 N–H and O–H groups in total. The Labute approximate surface area is 230 Å². The Hall–Kier alpha value is -3.41. The highest BCUT2D eigenvalue weighted by molar-refractivity contribution is 5.85. The van der Waals surface area contributed by atoms with Gasteiger partial charge in [0.1, 0.15) is 18.1 Å². The van der Waals surface area contributed by atoms with Crippen molar-refractivity contribution in [2.24, 2.45) is 11.1 Å². The van der Waals surface area contributed by atoms with Crippen molar-refractivity contribution in [3.63, 3.8) is 0 Å². The molecule has 1 fully saturated rings. The molecule has 0 unspecified atom stereocenters. The van der Waals surface area contributed by atoms with Crippen LogP contribution in [0.1, 0.15) is 49.3 Å². The van der Waals surface area contributed by atoms with Crippen molar-refractivity contribution in [2.45, 2.75) is 44.8 Å². The summed E-state index contributed by atoms with van der Waals surface area (Å²) < 4.78 is 50.7. The number of aliphatic carboxylic acids is 1. The third-order valence-corrected chi connectivity index (χ3v) is 7.78. The van der Waals surface area contributed by atoms with Crippen molar-refractivity contribution in [3.05, 3.63) is 65.1 Å². The van der Waals surface area contributed by atoms with Crippen molar-refractivity contribution >= 4 is 16.9 Å². The Morgan fingerprint density at radius 1 is 1.15 bits per heavy atom. The Kier molecular flexibility index (Phi) is 9.49. The number of ether oxygens (including phenoxy) is 2. The first-order chi connectivity index (χ1) is 19.1. The largest absolute Gasteiger partial charge is 0.497 e. The van der Waals surface area contributed by atoms with Crippen LogP contribution in [0.5, 0.6) is 11.5 Å². The average Bonchev–Trinajstić information content (AvgIpc) is 2.94. The number of piperidine rings is 1. The number of nitrogens with zero attached hydrogens (tertiary/aromatic N) is 2. The standard InChI is InChI=1S/C29H34F3N3O5/c1-39-19-2-3-24-21(12-19)27(18(16-33)17-34-24)25(36)4-5-29(15-26(37)38)6-8-35(9-7-29)10-11-40-20-13-22(30)28(32)23(31)14-20/h2-3,12-14,17,25,36H,4-11,15-16,33H2,1H3,(H,37,38)/t25-/m1/s1. The first-order valence-corrected chi connectivity index (χ1v) is 13.2. The summed E-state index contributed by atoms with van der Waals surface area (Å²) >= 11 is 0. The topological polar surface area (TPSA) is 118 Å². The van der Waals surface area contributed by atoms with E-state index in [0.717, 1.165) is 23.1 Å². The van der Waals surface area contributed by atoms with Crippen LogP contribution in [-0.2, 0) is 11.3 Å². The second-order valence-electron chi connectivity index (χ2n) is 10.3. The molecule has 11 heteroatoms. The van der Waals surface area contributed by atoms with E-state index in [1.54, 1.807) is 19.4 Å². The molecule has 2 aromatic carbocycles. The van der Waals surface area contributed by atoms with Crippen molar-refractivity contribution in [2.75, 3.05) is 33.4 Å². The molecular weight excluding hydrogens is 527 g/mol. The minimum absolute atomic E-state index is 0.0210. The number of methoxy groups -OCH3 is 1. The molecule has 0 bridgehead atoms. The number of pyridine rings is 1. The quantitative estimate of drug-likeness (QED) is 0.275. The van der Waals surface area contributed by atoms with E-state index in [1.807, 2.05) is 12.1 Å². The lowest BCUT2D eigenvalue weighted by Crippen LogP contribution is -2.42. The third kappa shape index (κ3) is 6.83. The van der Waals surface area contributed by atoms with Crippen LogP contribution < -0.4 is 15.2 Å². The van der Waals surface area contributed by atoms with Gasteiger partial charge in [0.25, 0.3) is 0 Å². The van der Waals surface area contributed by atoms with Crippen molar-refractivity contribution < 1.29 is 37.7 Å². The van der Waals surface area contributed by atoms with Crippen molar-refractivity contribution in [1.29, 1.82) is 0 Å². The SMILES string of the molecule is COc1ccc2ncc(CN)c([C@H](O)CCC3(CC(=O)O)CCN(CCOc4cc(F)c(F)c(F)c4)CC3)c2c1. The summed E-state index contributed by atoms with van der Waals surface area (Å²) in [6, 6.07) is 7.04. The number of benzene rings is 2. The van der Waals surface area contributed by atoms with Crippen LogP contribution in [0.2, 0.25) is 0 Å². The number of aliphatic hydroxyl groups is 1. The molecule has 0 aliphatic carbocycles. The summed E-state index contributed by atoms with van der Waals surface area (Å²) in [4.78, 5) is 18.3. The van der Waals surface area contributed by atoms with E-state index in [-0.39, 0.29) is 25.3 Å². The highest BCUT2D eigenvalue weighted by atomic mass is 19.2. The zero-order valence-corrected chi connectivity index (χ0v) is 22.3. The Balaban J connectivity index is 1.40. The summed E-state index contributed by atoms with van der Waals surface area (Å²) in [7, 11) is 1.56. The van der Waals surface area contributed by atoms with Gasteiger partial charge in [0.15, 0.2) is 17.5 Å². The summed E-state index contributed by atoms with van der Waals surface area (Å²) in [5.74, 6) is -4.53. The number of aromatic nitrogens is 1. The van der Waals surface area contributed by atoms with E-state index in [2.05, 4.69) is 9.88 Å². The number of carboxylic acids is 1. The van der Waals surface area contributed by atoms with Crippen LogP contribution in [0.4, 0.5) is 13.2 Å². The number of carbonyl (C=O) groups is 1. The summed E-state index contributed by atoms with van der Waals surface area (Å²) in [5.41, 5.74) is 7.56. The zero-order valence-electron chi connectivity index (χ0n) is 22.3. The summed E-state index contributed by atoms with van der Waals surface area (Å²) in [5, 5.41) is 21.7. The van der Waals surface area contributed by atoms with Crippen molar-refractivity contribution in [3.8, 4) is 11.5 Å². The lowest BCUT2D eigenvalue weighted by atomic mass is 9.71. The fourth-order valence-electron chi connectivity index (χ4n) is 5.50. The van der Waals surface area contributed by atoms with E-state index in [9.17, 15) is 28.2 Å². The van der Waals surface area contributed by atoms with Gasteiger partial charge in [-0.05, 0) is 73.5 Å². The number of rotatable bonds is 12. The van der Waals surface area contributed by atoms with Gasteiger partial charge in [0.2, 0.25) is 0 Å². The first kappa shape index (κ1) is 29.6. The minimum atomic E-state index is -1.54. The molecule has 0 amide bonds. The fraction of sp³-hybridized carbons (Fsp3) is 0.448. The molecule has 1 aliphatic rings. The fourth-order valence-corrected chi connectivity index (χ4v) is 5.50. The predicted molar refractivity (Wildman–Crippen MR) is 143 cm³/mol. The summed E-state index contributed by atoms with van der Waals surface area (Å²) in [6.07, 6.45) is 2.81. The maximum Gasteiger partial charge on any atom is 0.303 e. The molecule has 0 spiro atoms. The number of nitrogens with two attached hydrogens (primary N) is 1. The molecule has 3 aromatic rings. The number of hydrogen-bond donors (Lipinski definition) is 3. The number of hydrogen-bond acceptors (Lipinski definition) is 7. The van der Waals surface area contributed by atoms with Gasteiger partial charge < -0.3 is 25.4 Å². The molecule has 1 atom stereocenters. The average molecular weight is 562 g/mol. The normalized spacial score (nSPS) is 16.1. The maximum absolute atomic E-state index is 13.4. The minimum Gasteiger partial charge on any atom is -0.497 e. The van der Waals surface area contributed by atoms with E-state index in [1.165, 1.54) is 0 Å². The smallest absolute Gasteiger partial charge is 0.303 e. The van der Waals surface area contributed by atoms with Gasteiger partial charge in [0, 0.05) is 36.8 Å². The number of carboxylic acid groups (broad SMARTS) is 1. The first-order valence-electron chi connectivity index (χ1n) is 13.2. The Morgan fingerprint density at radius 3 is 2.48 bits per heavy atom. The second kappa shape index (κ2) is 12.8. The van der Waals surface area contributed by atoms with Gasteiger partial charge in [-0.2, -0.15) is 0 Å². The van der Waals surface area contributed by atoms with Crippen molar-refractivity contribution in [1.82, 2.24) is 9.88 Å². The summed E-state index contributed by atoms with van der Waals surface area (Å²) in [6.45, 7) is 1.98. The molecule has 8 nitrogen and oxygen atoms in total. The van der Waals surface area contributed by atoms with Gasteiger partial charge in [-0.1, -0.05) is 0 Å². The van der Waals surface area contributed by atoms with Crippen LogP contribution in [0.3, 0.4) is 0 Å². The van der Waals surface area contributed by atoms with Gasteiger partial charge in [-0.15, -0.1) is 0 Å². The number of likely N-dealkylation sites (tertiary alicyclic amines) is 1. The molecule has 1 aliphatic heterocycles. The van der Waals surface area contributed by atoms with Crippen LogP contribution in [0.15, 0.2) is 36.5 Å². The Morgan fingerprint density at radius 2 is 1.85 bits per heavy atom. The molecule has 1 aromatic heterocycles. The van der Waals surface area contributed by atoms with Crippen LogP contribution in [0.25, 0.3) is 10.9 Å². The molecule has 4 rings (SSSR count). The maximum atomic E-state index is 13.4. The van der Waals surface area contributed by atoms with E-state index < -0.39 is 34.9 Å². The lowest BCUT2D eigenvalue weighted by molar-refractivity contribution is -0.141. The van der Waals surface area contributed by atoms with Crippen LogP contribution >= 0.6 is 0 Å². The molecule has 2 heterocycles. The molecular formula is C29H34F3N3O5. The van der Waals surface area contributed by atoms with Gasteiger partial charge in [-0.3, -0.25) is 14.7 Å². The van der Waals surface area contributed by atoms with Gasteiger partial charge in [0.05, 0.1) is 25.2 Å². The zero-order chi connectivity index (χ0) is 28.9. The highest BCUT2D eigenvalue weighted by Crippen LogP contribution is 2.42. The molecule has 40 heavy (non-hydrogen) atoms. The third-order valence-electron chi connectivity index (χ3n) is 7.78. The molecule has 0 saturated carbocycles. The van der Waals surface area contributed by atoms with E-state index in [0.29, 0.717) is 62.1 Å². The number of halogens is 3. The number of aliphatic hydroxyl groups excluding tert-OH is 1. The monoisotopic (exact) mass is 561 g/mol. The highest BCUT2D eigenvalue weighted by Gasteiger charge is 2.37. The van der Waals surface area contributed by atoms with Gasteiger partial charge >= 0.3 is 5.97 Å². The lowest BCUT2D eigenvalue weighted by Gasteiger charge is -2.41.